The first-order valence-electron chi connectivity index (χ1n) is 8.69. The minimum atomic E-state index is -1.21. The minimum Gasteiger partial charge on any atom is -0.478 e. The second kappa shape index (κ2) is 9.34. The van der Waals surface area contributed by atoms with E-state index in [1.807, 2.05) is 24.3 Å². The van der Waals surface area contributed by atoms with Crippen LogP contribution in [0.25, 0.3) is 10.1 Å². The Morgan fingerprint density at radius 2 is 1.87 bits per heavy atom. The first-order valence-corrected chi connectivity index (χ1v) is 9.88. The van der Waals surface area contributed by atoms with E-state index in [-0.39, 0.29) is 0 Å². The number of thiophene rings is 1. The van der Waals surface area contributed by atoms with Crippen LogP contribution in [0.15, 0.2) is 65.8 Å². The summed E-state index contributed by atoms with van der Waals surface area (Å²) in [6.07, 6.45) is 1.67. The highest BCUT2D eigenvalue weighted by Crippen LogP contribution is 2.34. The number of nitrogens with one attached hydrogen (secondary N) is 2. The summed E-state index contributed by atoms with van der Waals surface area (Å²) in [5.41, 5.74) is 4.14. The van der Waals surface area contributed by atoms with Gasteiger partial charge in [0.05, 0.1) is 10.7 Å². The van der Waals surface area contributed by atoms with E-state index in [4.69, 9.17) is 16.7 Å². The summed E-state index contributed by atoms with van der Waals surface area (Å²) in [4.78, 5) is 35.1. The number of nitrogens with zero attached hydrogens (tertiary/aromatic N) is 1. The van der Waals surface area contributed by atoms with Gasteiger partial charge in [-0.15, -0.1) is 11.3 Å². The highest BCUT2D eigenvalue weighted by atomic mass is 35.5. The van der Waals surface area contributed by atoms with Crippen LogP contribution in [0, 0.1) is 0 Å². The van der Waals surface area contributed by atoms with Gasteiger partial charge in [-0.25, -0.2) is 10.2 Å². The zero-order valence-corrected chi connectivity index (χ0v) is 17.3. The fourth-order valence-corrected chi connectivity index (χ4v) is 3.97. The Kier molecular flexibility index (Phi) is 6.61. The van der Waals surface area contributed by atoms with Crippen molar-refractivity contribution in [2.24, 2.45) is 5.10 Å². The number of carboxylic acid groups (broad SMARTS) is 1. The summed E-state index contributed by atoms with van der Waals surface area (Å²) in [7, 11) is 0. The lowest BCUT2D eigenvalue weighted by Gasteiger charge is -2.06. The van der Waals surface area contributed by atoms with Crippen LogP contribution in [-0.2, 0) is 9.59 Å². The molecule has 9 heteroatoms. The predicted molar refractivity (Wildman–Crippen MR) is 118 cm³/mol. The molecule has 0 aliphatic carbocycles. The summed E-state index contributed by atoms with van der Waals surface area (Å²) in [6, 6.07) is 14.3. The number of hydrogen-bond donors (Lipinski definition) is 3. The zero-order valence-electron chi connectivity index (χ0n) is 15.7. The summed E-state index contributed by atoms with van der Waals surface area (Å²) < 4.78 is 0.911. The number of anilines is 1. The SMILES string of the molecule is CC(=NNC(=O)c1sc2ccccc2c1Cl)c1cccc(NC(=O)C=CC(=O)O)c1. The molecule has 0 radical (unpaired) electrons. The molecule has 1 aromatic heterocycles. The smallest absolute Gasteiger partial charge is 0.328 e. The fraction of sp³-hybridized carbons (Fsp3) is 0.0476. The second-order valence-corrected chi connectivity index (χ2v) is 7.55. The van der Waals surface area contributed by atoms with Gasteiger partial charge in [-0.1, -0.05) is 41.9 Å². The van der Waals surface area contributed by atoms with Crippen LogP contribution in [-0.4, -0.2) is 28.6 Å². The lowest BCUT2D eigenvalue weighted by atomic mass is 10.1. The molecule has 152 valence electrons. The van der Waals surface area contributed by atoms with Crippen LogP contribution in [0.1, 0.15) is 22.2 Å². The summed E-state index contributed by atoms with van der Waals surface area (Å²) in [6.45, 7) is 1.71. The van der Waals surface area contributed by atoms with E-state index < -0.39 is 17.8 Å². The number of halogens is 1. The van der Waals surface area contributed by atoms with Crippen molar-refractivity contribution in [3.63, 3.8) is 0 Å². The van der Waals surface area contributed by atoms with Gasteiger partial charge >= 0.3 is 5.97 Å². The van der Waals surface area contributed by atoms with Gasteiger partial charge in [-0.2, -0.15) is 5.10 Å². The molecule has 0 unspecified atom stereocenters. The third kappa shape index (κ3) is 5.11. The van der Waals surface area contributed by atoms with Crippen molar-refractivity contribution in [2.45, 2.75) is 6.92 Å². The second-order valence-electron chi connectivity index (χ2n) is 6.12. The lowest BCUT2D eigenvalue weighted by Crippen LogP contribution is -2.18. The average Bonchev–Trinajstić information content (AvgIpc) is 3.07. The number of amides is 2. The average molecular weight is 442 g/mol. The largest absolute Gasteiger partial charge is 0.478 e. The first-order chi connectivity index (χ1) is 14.3. The molecule has 0 bridgehead atoms. The maximum atomic E-state index is 12.5. The molecule has 3 N–H and O–H groups in total. The Hall–Kier alpha value is -3.49. The van der Waals surface area contributed by atoms with Crippen molar-refractivity contribution < 1.29 is 19.5 Å². The maximum absolute atomic E-state index is 12.5. The van der Waals surface area contributed by atoms with Crippen LogP contribution in [0.2, 0.25) is 5.02 Å². The van der Waals surface area contributed by atoms with Crippen molar-refractivity contribution >= 4 is 62.2 Å². The Morgan fingerprint density at radius 3 is 2.60 bits per heavy atom. The van der Waals surface area contributed by atoms with E-state index in [2.05, 4.69) is 15.8 Å². The molecule has 30 heavy (non-hydrogen) atoms. The van der Waals surface area contributed by atoms with Gasteiger partial charge in [0, 0.05) is 27.9 Å². The molecule has 2 amide bonds. The van der Waals surface area contributed by atoms with Crippen molar-refractivity contribution in [1.82, 2.24) is 5.43 Å². The third-order valence-electron chi connectivity index (χ3n) is 3.99. The van der Waals surface area contributed by atoms with Crippen molar-refractivity contribution in [2.75, 3.05) is 5.32 Å². The molecule has 2 aromatic carbocycles. The van der Waals surface area contributed by atoms with E-state index in [1.165, 1.54) is 11.3 Å². The van der Waals surface area contributed by atoms with Crippen molar-refractivity contribution in [3.8, 4) is 0 Å². The predicted octanol–water partition coefficient (Wildman–Crippen LogP) is 4.29. The quantitative estimate of drug-likeness (QED) is 0.301. The van der Waals surface area contributed by atoms with Gasteiger partial charge in [0.25, 0.3) is 5.91 Å². The van der Waals surface area contributed by atoms with E-state index >= 15 is 0 Å². The Bertz CT molecular complexity index is 1200. The minimum absolute atomic E-state index is 0.376. The molecule has 7 nitrogen and oxygen atoms in total. The molecule has 0 spiro atoms. The number of rotatable bonds is 6. The summed E-state index contributed by atoms with van der Waals surface area (Å²) in [5.74, 6) is -2.20. The van der Waals surface area contributed by atoms with Crippen LogP contribution >= 0.6 is 22.9 Å². The molecule has 0 aliphatic heterocycles. The van der Waals surface area contributed by atoms with Gasteiger partial charge in [0.15, 0.2) is 0 Å². The molecule has 0 saturated carbocycles. The first kappa shape index (κ1) is 21.2. The van der Waals surface area contributed by atoms with Crippen LogP contribution < -0.4 is 10.7 Å². The number of carbonyl (C=O) groups is 3. The van der Waals surface area contributed by atoms with E-state index in [1.54, 1.807) is 31.2 Å². The van der Waals surface area contributed by atoms with Gasteiger partial charge in [-0.3, -0.25) is 9.59 Å². The zero-order chi connectivity index (χ0) is 21.7. The molecular weight excluding hydrogens is 426 g/mol. The Labute approximate surface area is 180 Å². The standard InChI is InChI=1S/C21H16ClN3O4S/c1-12(13-5-4-6-14(11-13)23-17(26)9-10-18(27)28)24-25-21(29)20-19(22)15-7-2-3-8-16(15)30-20/h2-11H,1H3,(H,23,26)(H,25,29)(H,27,28). The highest BCUT2D eigenvalue weighted by molar-refractivity contribution is 7.21. The van der Waals surface area contributed by atoms with Crippen LogP contribution in [0.5, 0.6) is 0 Å². The van der Waals surface area contributed by atoms with Crippen molar-refractivity contribution in [1.29, 1.82) is 0 Å². The Balaban J connectivity index is 1.72. The number of fused-ring (bicyclic) bond motifs is 1. The molecule has 0 atom stereocenters. The molecule has 3 rings (SSSR count). The molecular formula is C21H16ClN3O4S. The van der Waals surface area contributed by atoms with Gasteiger partial charge in [-0.05, 0) is 30.7 Å². The van der Waals surface area contributed by atoms with E-state index in [9.17, 15) is 14.4 Å². The summed E-state index contributed by atoms with van der Waals surface area (Å²) in [5, 5.41) is 16.5. The van der Waals surface area contributed by atoms with Gasteiger partial charge in [0.2, 0.25) is 5.91 Å². The normalized spacial score (nSPS) is 11.6. The molecule has 1 heterocycles. The third-order valence-corrected chi connectivity index (χ3v) is 5.67. The number of benzene rings is 2. The number of aliphatic carboxylic acids is 1. The topological polar surface area (TPSA) is 108 Å². The van der Waals surface area contributed by atoms with E-state index in [0.29, 0.717) is 26.9 Å². The Morgan fingerprint density at radius 1 is 1.10 bits per heavy atom. The lowest BCUT2D eigenvalue weighted by molar-refractivity contribution is -0.131. The molecule has 0 fully saturated rings. The number of hydrazone groups is 1. The maximum Gasteiger partial charge on any atom is 0.328 e. The van der Waals surface area contributed by atoms with Gasteiger partial charge in [0.1, 0.15) is 4.88 Å². The highest BCUT2D eigenvalue weighted by Gasteiger charge is 2.16. The molecule has 3 aromatic rings. The van der Waals surface area contributed by atoms with Gasteiger partial charge < -0.3 is 10.4 Å². The van der Waals surface area contributed by atoms with Crippen LogP contribution in [0.4, 0.5) is 5.69 Å². The number of hydrogen-bond acceptors (Lipinski definition) is 5. The van der Waals surface area contributed by atoms with Crippen LogP contribution in [0.3, 0.4) is 0 Å². The fourth-order valence-electron chi connectivity index (χ4n) is 2.56. The van der Waals surface area contributed by atoms with Crippen molar-refractivity contribution in [3.05, 3.63) is 76.1 Å². The number of carbonyl (C=O) groups excluding carboxylic acids is 2. The number of carboxylic acids is 1. The molecule has 0 saturated heterocycles. The monoisotopic (exact) mass is 441 g/mol. The van der Waals surface area contributed by atoms with E-state index in [0.717, 1.165) is 22.2 Å². The molecule has 0 aliphatic rings. The summed E-state index contributed by atoms with van der Waals surface area (Å²) >= 11 is 7.60.